The summed E-state index contributed by atoms with van der Waals surface area (Å²) >= 11 is 0. The van der Waals surface area contributed by atoms with Crippen molar-refractivity contribution in [1.82, 2.24) is 21.5 Å². The van der Waals surface area contributed by atoms with Crippen LogP contribution in [-0.4, -0.2) is 37.4 Å². The molecule has 0 aromatic carbocycles. The van der Waals surface area contributed by atoms with Gasteiger partial charge in [0, 0.05) is 13.1 Å². The van der Waals surface area contributed by atoms with Gasteiger partial charge in [0.15, 0.2) is 0 Å². The Morgan fingerprint density at radius 1 is 1.53 bits per heavy atom. The molecule has 7 nitrogen and oxygen atoms in total. The van der Waals surface area contributed by atoms with Crippen molar-refractivity contribution >= 4 is 18.2 Å². The molecule has 1 aliphatic rings. The Bertz CT molecular complexity index is 256. The highest BCUT2D eigenvalue weighted by Crippen LogP contribution is 1.97. The normalized spacial score (nSPS) is 19.5. The highest BCUT2D eigenvalue weighted by molar-refractivity contribution is 5.90. The fourth-order valence-electron chi connectivity index (χ4n) is 1.20. The molecule has 0 aliphatic carbocycles. The van der Waals surface area contributed by atoms with Crippen LogP contribution in [0.2, 0.25) is 0 Å². The zero-order valence-corrected chi connectivity index (χ0v) is 8.21. The van der Waals surface area contributed by atoms with Gasteiger partial charge in [-0.25, -0.2) is 5.43 Å². The lowest BCUT2D eigenvalue weighted by molar-refractivity contribution is -0.124. The summed E-state index contributed by atoms with van der Waals surface area (Å²) in [4.78, 5) is 32.0. The van der Waals surface area contributed by atoms with Crippen LogP contribution in [-0.2, 0) is 14.4 Å². The van der Waals surface area contributed by atoms with Gasteiger partial charge in [-0.1, -0.05) is 0 Å². The van der Waals surface area contributed by atoms with Crippen LogP contribution in [0, 0.1) is 0 Å². The molecular formula is C8H14N4O3. The number of rotatable bonds is 6. The number of amides is 3. The minimum Gasteiger partial charge on any atom is -0.359 e. The van der Waals surface area contributed by atoms with Crippen LogP contribution in [0.1, 0.15) is 12.8 Å². The van der Waals surface area contributed by atoms with Gasteiger partial charge in [-0.2, -0.15) is 0 Å². The summed E-state index contributed by atoms with van der Waals surface area (Å²) in [5, 5.41) is 5.14. The quantitative estimate of drug-likeness (QED) is 0.293. The summed E-state index contributed by atoms with van der Waals surface area (Å²) in [5.74, 6) is -0.391. The number of nitrogens with one attached hydrogen (secondary N) is 4. The summed E-state index contributed by atoms with van der Waals surface area (Å²) < 4.78 is 0. The first kappa shape index (κ1) is 11.4. The maximum absolute atomic E-state index is 11.4. The predicted octanol–water partition coefficient (Wildman–Crippen LogP) is -2.37. The largest absolute Gasteiger partial charge is 0.359 e. The molecule has 7 heteroatoms. The molecule has 3 amide bonds. The van der Waals surface area contributed by atoms with E-state index in [2.05, 4.69) is 21.5 Å². The summed E-state index contributed by atoms with van der Waals surface area (Å²) in [7, 11) is 0. The number of hydrazine groups is 1. The van der Waals surface area contributed by atoms with Gasteiger partial charge in [0.1, 0.15) is 6.04 Å². The summed E-state index contributed by atoms with van der Waals surface area (Å²) in [5.41, 5.74) is 4.93. The molecule has 84 valence electrons. The molecule has 0 spiro atoms. The summed E-state index contributed by atoms with van der Waals surface area (Å²) in [6.07, 6.45) is 1.44. The minimum absolute atomic E-state index is 0.165. The van der Waals surface area contributed by atoms with Crippen LogP contribution in [0.3, 0.4) is 0 Å². The SMILES string of the molecule is O=CNCCCNC(=O)C1CC(=O)NN1. The number of hydrogen-bond acceptors (Lipinski definition) is 4. The highest BCUT2D eigenvalue weighted by Gasteiger charge is 2.26. The van der Waals surface area contributed by atoms with E-state index in [4.69, 9.17) is 0 Å². The van der Waals surface area contributed by atoms with Crippen LogP contribution in [0.5, 0.6) is 0 Å². The molecular weight excluding hydrogens is 200 g/mol. The van der Waals surface area contributed by atoms with Crippen LogP contribution in [0.4, 0.5) is 0 Å². The second kappa shape index (κ2) is 5.97. The Morgan fingerprint density at radius 2 is 2.33 bits per heavy atom. The van der Waals surface area contributed by atoms with Crippen molar-refractivity contribution in [2.75, 3.05) is 13.1 Å². The van der Waals surface area contributed by atoms with E-state index in [0.717, 1.165) is 0 Å². The van der Waals surface area contributed by atoms with Gasteiger partial charge >= 0.3 is 0 Å². The molecule has 1 fully saturated rings. The second-order valence-electron chi connectivity index (χ2n) is 3.17. The maximum Gasteiger partial charge on any atom is 0.239 e. The number of carbonyl (C=O) groups excluding carboxylic acids is 3. The molecule has 1 saturated heterocycles. The van der Waals surface area contributed by atoms with E-state index in [-0.39, 0.29) is 18.2 Å². The zero-order chi connectivity index (χ0) is 11.1. The molecule has 1 rings (SSSR count). The van der Waals surface area contributed by atoms with E-state index in [1.54, 1.807) is 0 Å². The molecule has 4 N–H and O–H groups in total. The Kier molecular flexibility index (Phi) is 4.55. The van der Waals surface area contributed by atoms with Gasteiger partial charge < -0.3 is 10.6 Å². The average molecular weight is 214 g/mol. The van der Waals surface area contributed by atoms with E-state index in [1.165, 1.54) is 0 Å². The number of carbonyl (C=O) groups is 3. The average Bonchev–Trinajstić information content (AvgIpc) is 2.64. The van der Waals surface area contributed by atoms with Crippen LogP contribution in [0.25, 0.3) is 0 Å². The van der Waals surface area contributed by atoms with Crippen molar-refractivity contribution in [3.05, 3.63) is 0 Å². The van der Waals surface area contributed by atoms with Crippen molar-refractivity contribution in [2.45, 2.75) is 18.9 Å². The zero-order valence-electron chi connectivity index (χ0n) is 8.21. The Balaban J connectivity index is 2.08. The first-order valence-electron chi connectivity index (χ1n) is 4.73. The third-order valence-electron chi connectivity index (χ3n) is 1.97. The highest BCUT2D eigenvalue weighted by atomic mass is 16.2. The van der Waals surface area contributed by atoms with Gasteiger partial charge in [0.05, 0.1) is 6.42 Å². The molecule has 1 heterocycles. The van der Waals surface area contributed by atoms with E-state index in [1.807, 2.05) is 0 Å². The predicted molar refractivity (Wildman–Crippen MR) is 51.4 cm³/mol. The van der Waals surface area contributed by atoms with Gasteiger partial charge in [0.2, 0.25) is 18.2 Å². The second-order valence-corrected chi connectivity index (χ2v) is 3.17. The Morgan fingerprint density at radius 3 is 2.93 bits per heavy atom. The van der Waals surface area contributed by atoms with Crippen LogP contribution >= 0.6 is 0 Å². The Hall–Kier alpha value is -1.63. The van der Waals surface area contributed by atoms with Crippen molar-refractivity contribution < 1.29 is 14.4 Å². The standard InChI is InChI=1S/C8H14N4O3/c13-5-9-2-1-3-10-8(15)6-4-7(14)12-11-6/h5-6,11H,1-4H2,(H,9,13)(H,10,15)(H,12,14). The third-order valence-corrected chi connectivity index (χ3v) is 1.97. The lowest BCUT2D eigenvalue weighted by Gasteiger charge is -2.09. The summed E-state index contributed by atoms with van der Waals surface area (Å²) in [6.45, 7) is 1.01. The monoisotopic (exact) mass is 214 g/mol. The van der Waals surface area contributed by atoms with E-state index in [0.29, 0.717) is 25.9 Å². The van der Waals surface area contributed by atoms with E-state index >= 15 is 0 Å². The van der Waals surface area contributed by atoms with Crippen molar-refractivity contribution in [2.24, 2.45) is 0 Å². The minimum atomic E-state index is -0.489. The van der Waals surface area contributed by atoms with Gasteiger partial charge in [-0.15, -0.1) is 0 Å². The van der Waals surface area contributed by atoms with Gasteiger partial charge in [0.25, 0.3) is 0 Å². The molecule has 0 radical (unpaired) electrons. The fraction of sp³-hybridized carbons (Fsp3) is 0.625. The molecule has 1 unspecified atom stereocenters. The molecule has 1 aliphatic heterocycles. The van der Waals surface area contributed by atoms with Crippen molar-refractivity contribution in [3.8, 4) is 0 Å². The lowest BCUT2D eigenvalue weighted by Crippen LogP contribution is -2.43. The van der Waals surface area contributed by atoms with Crippen molar-refractivity contribution in [3.63, 3.8) is 0 Å². The topological polar surface area (TPSA) is 99.3 Å². The number of hydrogen-bond donors (Lipinski definition) is 4. The first-order valence-corrected chi connectivity index (χ1v) is 4.73. The lowest BCUT2D eigenvalue weighted by atomic mass is 10.2. The maximum atomic E-state index is 11.4. The van der Waals surface area contributed by atoms with Gasteiger partial charge in [-0.05, 0) is 6.42 Å². The first-order chi connectivity index (χ1) is 7.24. The molecule has 15 heavy (non-hydrogen) atoms. The van der Waals surface area contributed by atoms with Crippen LogP contribution in [0.15, 0.2) is 0 Å². The summed E-state index contributed by atoms with van der Waals surface area (Å²) in [6, 6.07) is -0.489. The Labute approximate surface area is 86.9 Å². The van der Waals surface area contributed by atoms with E-state index < -0.39 is 6.04 Å². The van der Waals surface area contributed by atoms with Crippen molar-refractivity contribution in [1.29, 1.82) is 0 Å². The van der Waals surface area contributed by atoms with Crippen LogP contribution < -0.4 is 21.5 Å². The molecule has 0 aromatic heterocycles. The third kappa shape index (κ3) is 3.94. The molecule has 0 saturated carbocycles. The smallest absolute Gasteiger partial charge is 0.239 e. The fourth-order valence-corrected chi connectivity index (χ4v) is 1.20. The molecule has 1 atom stereocenters. The molecule has 0 bridgehead atoms. The van der Waals surface area contributed by atoms with E-state index in [9.17, 15) is 14.4 Å². The molecule has 0 aromatic rings. The van der Waals surface area contributed by atoms with Gasteiger partial charge in [-0.3, -0.25) is 19.8 Å².